The summed E-state index contributed by atoms with van der Waals surface area (Å²) in [5, 5.41) is 15.4. The standard InChI is InChI=1S/C12H11ClN4O2/c13-10-5-6-11-14-9(7-8-3-1-2-4-8)12(17(18)19)16(11)15-10/h5-7H,1-4H2. The Balaban J connectivity index is 2.20. The van der Waals surface area contributed by atoms with E-state index in [1.165, 1.54) is 10.1 Å². The molecule has 1 fully saturated rings. The normalized spacial score (nSPS) is 15.1. The molecule has 0 aromatic carbocycles. The second-order valence-electron chi connectivity index (χ2n) is 4.51. The van der Waals surface area contributed by atoms with Crippen LogP contribution >= 0.6 is 11.6 Å². The van der Waals surface area contributed by atoms with Crippen molar-refractivity contribution >= 4 is 29.1 Å². The molecule has 2 aromatic rings. The summed E-state index contributed by atoms with van der Waals surface area (Å²) in [6.45, 7) is 0. The van der Waals surface area contributed by atoms with Gasteiger partial charge in [-0.1, -0.05) is 26.8 Å². The Hall–Kier alpha value is -1.95. The maximum absolute atomic E-state index is 11.2. The zero-order valence-corrected chi connectivity index (χ0v) is 10.8. The van der Waals surface area contributed by atoms with Gasteiger partial charge in [-0.3, -0.25) is 0 Å². The van der Waals surface area contributed by atoms with Crippen LogP contribution in [0.3, 0.4) is 0 Å². The molecule has 0 spiro atoms. The molecule has 1 saturated carbocycles. The van der Waals surface area contributed by atoms with E-state index in [1.807, 2.05) is 6.08 Å². The summed E-state index contributed by atoms with van der Waals surface area (Å²) < 4.78 is 1.18. The fourth-order valence-corrected chi connectivity index (χ4v) is 2.49. The van der Waals surface area contributed by atoms with Crippen LogP contribution in [0.25, 0.3) is 11.7 Å². The second kappa shape index (κ2) is 4.62. The Morgan fingerprint density at radius 2 is 2.11 bits per heavy atom. The molecule has 7 heteroatoms. The SMILES string of the molecule is O=[N+]([O-])c1c(C=C2CCCC2)nc2ccc(Cl)nn12. The summed E-state index contributed by atoms with van der Waals surface area (Å²) in [6, 6.07) is 3.19. The molecule has 19 heavy (non-hydrogen) atoms. The molecule has 0 amide bonds. The van der Waals surface area contributed by atoms with Crippen molar-refractivity contribution in [3.63, 3.8) is 0 Å². The largest absolute Gasteiger partial charge is 0.376 e. The Bertz CT molecular complexity index is 684. The van der Waals surface area contributed by atoms with Gasteiger partial charge in [0.15, 0.2) is 10.8 Å². The molecule has 0 saturated heterocycles. The minimum Gasteiger partial charge on any atom is -0.358 e. The van der Waals surface area contributed by atoms with E-state index in [2.05, 4.69) is 10.1 Å². The number of hydrogen-bond acceptors (Lipinski definition) is 4. The third-order valence-electron chi connectivity index (χ3n) is 3.21. The number of nitrogens with zero attached hydrogens (tertiary/aromatic N) is 4. The summed E-state index contributed by atoms with van der Waals surface area (Å²) in [6.07, 6.45) is 6.06. The lowest BCUT2D eigenvalue weighted by Gasteiger charge is -1.95. The first-order valence-corrected chi connectivity index (χ1v) is 6.42. The van der Waals surface area contributed by atoms with E-state index in [0.29, 0.717) is 11.3 Å². The highest BCUT2D eigenvalue weighted by atomic mass is 35.5. The molecule has 0 aliphatic heterocycles. The Morgan fingerprint density at radius 1 is 1.37 bits per heavy atom. The van der Waals surface area contributed by atoms with Crippen LogP contribution in [-0.2, 0) is 0 Å². The van der Waals surface area contributed by atoms with E-state index in [0.717, 1.165) is 25.7 Å². The van der Waals surface area contributed by atoms with Crippen LogP contribution in [0.15, 0.2) is 17.7 Å². The molecule has 6 nitrogen and oxygen atoms in total. The van der Waals surface area contributed by atoms with Crippen LogP contribution in [-0.4, -0.2) is 19.5 Å². The molecule has 2 aromatic heterocycles. The summed E-state index contributed by atoms with van der Waals surface area (Å²) in [5.74, 6) is -0.128. The van der Waals surface area contributed by atoms with Gasteiger partial charge in [-0.2, -0.15) is 4.98 Å². The topological polar surface area (TPSA) is 73.3 Å². The fourth-order valence-electron chi connectivity index (χ4n) is 2.35. The van der Waals surface area contributed by atoms with E-state index in [9.17, 15) is 10.1 Å². The first-order valence-electron chi connectivity index (χ1n) is 6.04. The van der Waals surface area contributed by atoms with Gasteiger partial charge in [-0.15, -0.1) is 0 Å². The maximum atomic E-state index is 11.2. The van der Waals surface area contributed by atoms with Crippen LogP contribution in [0.5, 0.6) is 0 Å². The lowest BCUT2D eigenvalue weighted by molar-refractivity contribution is -0.391. The number of nitro groups is 1. The van der Waals surface area contributed by atoms with Gasteiger partial charge in [-0.05, 0) is 42.7 Å². The van der Waals surface area contributed by atoms with Gasteiger partial charge in [0.05, 0.1) is 0 Å². The van der Waals surface area contributed by atoms with Gasteiger partial charge >= 0.3 is 5.82 Å². The highest BCUT2D eigenvalue weighted by Gasteiger charge is 2.23. The smallest absolute Gasteiger partial charge is 0.358 e. The van der Waals surface area contributed by atoms with E-state index >= 15 is 0 Å². The highest BCUT2D eigenvalue weighted by molar-refractivity contribution is 6.29. The van der Waals surface area contributed by atoms with Crippen molar-refractivity contribution in [2.45, 2.75) is 25.7 Å². The Labute approximate surface area is 113 Å². The van der Waals surface area contributed by atoms with E-state index in [1.54, 1.807) is 12.1 Å². The Kier molecular flexibility index (Phi) is 2.94. The van der Waals surface area contributed by atoms with Crippen molar-refractivity contribution in [1.82, 2.24) is 14.6 Å². The van der Waals surface area contributed by atoms with Gasteiger partial charge in [0, 0.05) is 6.07 Å². The first kappa shape index (κ1) is 12.1. The molecule has 1 aliphatic rings. The average Bonchev–Trinajstić information content (AvgIpc) is 2.96. The number of hydrogen-bond donors (Lipinski definition) is 0. The molecule has 0 bridgehead atoms. The molecule has 1 aliphatic carbocycles. The summed E-state index contributed by atoms with van der Waals surface area (Å²) in [7, 11) is 0. The zero-order valence-electron chi connectivity index (χ0n) is 10.0. The number of fused-ring (bicyclic) bond motifs is 1. The van der Waals surface area contributed by atoms with E-state index < -0.39 is 4.92 Å². The quantitative estimate of drug-likeness (QED) is 0.624. The van der Waals surface area contributed by atoms with Crippen molar-refractivity contribution < 1.29 is 4.92 Å². The van der Waals surface area contributed by atoms with Crippen molar-refractivity contribution in [3.05, 3.63) is 38.7 Å². The van der Waals surface area contributed by atoms with Crippen molar-refractivity contribution in [3.8, 4) is 0 Å². The maximum Gasteiger partial charge on any atom is 0.376 e. The second-order valence-corrected chi connectivity index (χ2v) is 4.90. The number of allylic oxidation sites excluding steroid dienone is 1. The molecular formula is C12H11ClN4O2. The molecular weight excluding hydrogens is 268 g/mol. The number of halogens is 1. The minimum atomic E-state index is -0.468. The van der Waals surface area contributed by atoms with Crippen LogP contribution in [0.4, 0.5) is 5.82 Å². The van der Waals surface area contributed by atoms with E-state index in [4.69, 9.17) is 11.6 Å². The first-order chi connectivity index (χ1) is 9.15. The van der Waals surface area contributed by atoms with Gasteiger partial charge < -0.3 is 10.1 Å². The Morgan fingerprint density at radius 3 is 2.79 bits per heavy atom. The van der Waals surface area contributed by atoms with Gasteiger partial charge in [0.2, 0.25) is 5.65 Å². The average molecular weight is 279 g/mol. The molecule has 0 atom stereocenters. The predicted octanol–water partition coefficient (Wildman–Crippen LogP) is 3.25. The van der Waals surface area contributed by atoms with Gasteiger partial charge in [-0.25, -0.2) is 0 Å². The number of rotatable bonds is 2. The number of aromatic nitrogens is 3. The molecule has 0 N–H and O–H groups in total. The molecule has 3 rings (SSSR count). The minimum absolute atomic E-state index is 0.128. The van der Waals surface area contributed by atoms with Crippen LogP contribution < -0.4 is 0 Å². The lowest BCUT2D eigenvalue weighted by Crippen LogP contribution is -1.99. The molecule has 0 unspecified atom stereocenters. The highest BCUT2D eigenvalue weighted by Crippen LogP contribution is 2.29. The van der Waals surface area contributed by atoms with Crippen molar-refractivity contribution in [2.24, 2.45) is 0 Å². The monoisotopic (exact) mass is 278 g/mol. The van der Waals surface area contributed by atoms with Crippen molar-refractivity contribution in [2.75, 3.05) is 0 Å². The number of imidazole rings is 1. The summed E-state index contributed by atoms with van der Waals surface area (Å²) >= 11 is 5.78. The molecule has 0 radical (unpaired) electrons. The predicted molar refractivity (Wildman–Crippen MR) is 71.1 cm³/mol. The molecule has 2 heterocycles. The fraction of sp³-hybridized carbons (Fsp3) is 0.333. The summed E-state index contributed by atoms with van der Waals surface area (Å²) in [5.41, 5.74) is 2.00. The third-order valence-corrected chi connectivity index (χ3v) is 3.41. The van der Waals surface area contributed by atoms with Crippen LogP contribution in [0.2, 0.25) is 5.15 Å². The van der Waals surface area contributed by atoms with Crippen molar-refractivity contribution in [1.29, 1.82) is 0 Å². The van der Waals surface area contributed by atoms with Crippen LogP contribution in [0, 0.1) is 10.1 Å². The zero-order chi connectivity index (χ0) is 13.4. The molecule has 98 valence electrons. The van der Waals surface area contributed by atoms with Gasteiger partial charge in [0.25, 0.3) is 0 Å². The summed E-state index contributed by atoms with van der Waals surface area (Å²) in [4.78, 5) is 15.0. The lowest BCUT2D eigenvalue weighted by atomic mass is 10.2. The third kappa shape index (κ3) is 2.19. The van der Waals surface area contributed by atoms with Crippen LogP contribution in [0.1, 0.15) is 31.4 Å². The van der Waals surface area contributed by atoms with E-state index in [-0.39, 0.29) is 11.0 Å². The van der Waals surface area contributed by atoms with Gasteiger partial charge in [0.1, 0.15) is 0 Å².